The Hall–Kier alpha value is -1.94. The van der Waals surface area contributed by atoms with Crippen molar-refractivity contribution in [2.75, 3.05) is 39.6 Å². The molecule has 3 N–H and O–H groups in total. The number of aliphatic hydroxyl groups is 1. The minimum atomic E-state index is -4.95. The third-order valence-corrected chi connectivity index (χ3v) is 17.5. The molecule has 19 heteroatoms. The summed E-state index contributed by atoms with van der Waals surface area (Å²) in [6.07, 6.45) is 48.7. The number of hydrogen-bond acceptors (Lipinski definition) is 15. The zero-order valence-corrected chi connectivity index (χ0v) is 57.1. The smallest absolute Gasteiger partial charge is 0.462 e. The first-order valence-electron chi connectivity index (χ1n) is 35.3. The Bertz CT molecular complexity index is 1650. The third kappa shape index (κ3) is 60.9. The zero-order chi connectivity index (χ0) is 63.3. The molecule has 5 atom stereocenters. The fourth-order valence-corrected chi connectivity index (χ4v) is 11.7. The van der Waals surface area contributed by atoms with E-state index in [0.717, 1.165) is 103 Å². The molecule has 0 radical (unpaired) electrons. The Kier molecular flexibility index (Phi) is 60.5. The average Bonchev–Trinajstić information content (AvgIpc) is 3.55. The molecule has 0 spiro atoms. The Labute approximate surface area is 524 Å². The summed E-state index contributed by atoms with van der Waals surface area (Å²) in [5, 5.41) is 10.5. The molecule has 0 saturated heterocycles. The minimum absolute atomic E-state index is 0.106. The summed E-state index contributed by atoms with van der Waals surface area (Å²) in [5.74, 6) is -2.13. The number of phosphoric acid groups is 2. The fourth-order valence-electron chi connectivity index (χ4n) is 10.2. The van der Waals surface area contributed by atoms with E-state index in [0.29, 0.717) is 25.7 Å². The summed E-state index contributed by atoms with van der Waals surface area (Å²) in [4.78, 5) is 72.2. The van der Waals surface area contributed by atoms with E-state index in [1.807, 2.05) is 0 Å². The second-order valence-corrected chi connectivity index (χ2v) is 27.1. The highest BCUT2D eigenvalue weighted by atomic mass is 31.2. The second-order valence-electron chi connectivity index (χ2n) is 24.2. The van der Waals surface area contributed by atoms with Gasteiger partial charge < -0.3 is 33.8 Å². The lowest BCUT2D eigenvalue weighted by molar-refractivity contribution is -0.161. The maximum absolute atomic E-state index is 13.0. The topological polar surface area (TPSA) is 237 Å². The fraction of sp³-hybridized carbons (Fsp3) is 0.940. The van der Waals surface area contributed by atoms with Gasteiger partial charge in [0.2, 0.25) is 0 Å². The molecule has 0 aliphatic rings. The van der Waals surface area contributed by atoms with Crippen LogP contribution in [0.1, 0.15) is 349 Å². The number of carbonyl (C=O) groups is 4. The highest BCUT2D eigenvalue weighted by Gasteiger charge is 2.30. The quantitative estimate of drug-likeness (QED) is 0.0222. The summed E-state index contributed by atoms with van der Waals surface area (Å²) < 4.78 is 68.0. The summed E-state index contributed by atoms with van der Waals surface area (Å²) >= 11 is 0. The molecular weight excluding hydrogens is 1140 g/mol. The van der Waals surface area contributed by atoms with Crippen LogP contribution in [-0.2, 0) is 65.4 Å². The lowest BCUT2D eigenvalue weighted by Crippen LogP contribution is -2.30. The lowest BCUT2D eigenvalue weighted by Gasteiger charge is -2.21. The highest BCUT2D eigenvalue weighted by Crippen LogP contribution is 2.45. The molecule has 0 fully saturated rings. The molecule has 17 nitrogen and oxygen atoms in total. The predicted octanol–water partition coefficient (Wildman–Crippen LogP) is 19.1. The Morgan fingerprint density at radius 2 is 0.465 bits per heavy atom. The average molecular weight is 1270 g/mol. The van der Waals surface area contributed by atoms with Gasteiger partial charge in [-0.3, -0.25) is 37.3 Å². The van der Waals surface area contributed by atoms with Crippen molar-refractivity contribution in [1.82, 2.24) is 0 Å². The van der Waals surface area contributed by atoms with Crippen LogP contribution in [0.25, 0.3) is 0 Å². The van der Waals surface area contributed by atoms with Crippen LogP contribution in [-0.4, -0.2) is 96.7 Å². The molecule has 2 unspecified atom stereocenters. The first-order valence-corrected chi connectivity index (χ1v) is 38.3. The monoisotopic (exact) mass is 1270 g/mol. The summed E-state index contributed by atoms with van der Waals surface area (Å²) in [6.45, 7) is 4.87. The molecule has 510 valence electrons. The number of aliphatic hydroxyl groups excluding tert-OH is 1. The molecule has 0 aromatic rings. The van der Waals surface area contributed by atoms with Crippen molar-refractivity contribution < 1.29 is 80.2 Å². The molecular formula is C67H130O17P2. The number of phosphoric ester groups is 2. The van der Waals surface area contributed by atoms with Crippen molar-refractivity contribution in [2.24, 2.45) is 0 Å². The molecule has 86 heavy (non-hydrogen) atoms. The Morgan fingerprint density at radius 3 is 0.686 bits per heavy atom. The molecule has 0 aliphatic heterocycles. The number of ether oxygens (including phenoxy) is 4. The van der Waals surface area contributed by atoms with Crippen LogP contribution >= 0.6 is 15.6 Å². The van der Waals surface area contributed by atoms with Crippen LogP contribution in [0.15, 0.2) is 0 Å². The number of rotatable bonds is 68. The van der Waals surface area contributed by atoms with Gasteiger partial charge in [-0.05, 0) is 25.7 Å². The normalized spacial score (nSPS) is 14.1. The largest absolute Gasteiger partial charge is 0.472 e. The van der Waals surface area contributed by atoms with Crippen molar-refractivity contribution in [3.63, 3.8) is 0 Å². The highest BCUT2D eigenvalue weighted by molar-refractivity contribution is 7.47. The molecule has 0 aliphatic carbocycles. The van der Waals surface area contributed by atoms with Crippen molar-refractivity contribution in [3.8, 4) is 0 Å². The van der Waals surface area contributed by atoms with Gasteiger partial charge in [-0.2, -0.15) is 0 Å². The predicted molar refractivity (Wildman–Crippen MR) is 345 cm³/mol. The molecule has 0 saturated carbocycles. The molecule has 0 bridgehead atoms. The van der Waals surface area contributed by atoms with Crippen molar-refractivity contribution >= 4 is 39.5 Å². The maximum Gasteiger partial charge on any atom is 0.472 e. The van der Waals surface area contributed by atoms with Crippen LogP contribution in [0.5, 0.6) is 0 Å². The zero-order valence-electron chi connectivity index (χ0n) is 55.3. The number of esters is 4. The van der Waals surface area contributed by atoms with E-state index in [-0.39, 0.29) is 25.7 Å². The van der Waals surface area contributed by atoms with Crippen molar-refractivity contribution in [3.05, 3.63) is 0 Å². The van der Waals surface area contributed by atoms with Gasteiger partial charge in [0.15, 0.2) is 12.2 Å². The van der Waals surface area contributed by atoms with Gasteiger partial charge in [-0.25, -0.2) is 9.13 Å². The van der Waals surface area contributed by atoms with Gasteiger partial charge in [0, 0.05) is 25.7 Å². The van der Waals surface area contributed by atoms with Gasteiger partial charge in [0.05, 0.1) is 26.4 Å². The Balaban J connectivity index is 5.16. The van der Waals surface area contributed by atoms with E-state index < -0.39 is 97.5 Å². The SMILES string of the molecule is CCCCCCCCCCCCCCCCCCCCC(=O)O[C@H](COC(=O)CCCCCCCCCCCCC)COP(=O)(O)OC[C@@H](O)COP(=O)(O)OC[C@@H](COC(=O)CCCCCCCCC)OC(=O)CCCCCCCCCCCC. The van der Waals surface area contributed by atoms with E-state index in [1.54, 1.807) is 0 Å². The van der Waals surface area contributed by atoms with Crippen LogP contribution < -0.4 is 0 Å². The van der Waals surface area contributed by atoms with Crippen molar-refractivity contribution in [2.45, 2.75) is 367 Å². The summed E-state index contributed by atoms with van der Waals surface area (Å²) in [7, 11) is -9.88. The van der Waals surface area contributed by atoms with Crippen LogP contribution in [0, 0.1) is 0 Å². The number of hydrogen-bond donors (Lipinski definition) is 3. The molecule has 0 heterocycles. The second kappa shape index (κ2) is 61.9. The van der Waals surface area contributed by atoms with Gasteiger partial charge in [-0.1, -0.05) is 297 Å². The number of carbonyl (C=O) groups excluding carboxylic acids is 4. The lowest BCUT2D eigenvalue weighted by atomic mass is 10.0. The van der Waals surface area contributed by atoms with E-state index in [2.05, 4.69) is 27.7 Å². The van der Waals surface area contributed by atoms with Gasteiger partial charge in [0.1, 0.15) is 19.3 Å². The molecule has 0 aromatic heterocycles. The molecule has 0 amide bonds. The van der Waals surface area contributed by atoms with Crippen LogP contribution in [0.2, 0.25) is 0 Å². The summed E-state index contributed by atoms with van der Waals surface area (Å²) in [6, 6.07) is 0. The standard InChI is InChI=1S/C67H130O17P2/c1-5-9-13-17-21-24-27-28-29-30-31-32-33-35-38-42-46-50-54-67(72)84-63(58-78-65(70)52-48-44-40-37-34-25-22-18-14-10-6-2)60-82-86(75,76)80-56-61(68)55-79-85(73,74)81-59-62(57-77-64(69)51-47-43-39-20-16-12-8-4)83-66(71)53-49-45-41-36-26-23-19-15-11-7-3/h61-63,68H,5-60H2,1-4H3,(H,73,74)(H,75,76)/t61-,62+,63+/m0/s1. The Morgan fingerprint density at radius 1 is 0.279 bits per heavy atom. The van der Waals surface area contributed by atoms with E-state index >= 15 is 0 Å². The third-order valence-electron chi connectivity index (χ3n) is 15.6. The first-order chi connectivity index (χ1) is 41.7. The number of unbranched alkanes of at least 4 members (excludes halogenated alkanes) is 42. The summed E-state index contributed by atoms with van der Waals surface area (Å²) in [5.41, 5.74) is 0. The molecule has 0 rings (SSSR count). The van der Waals surface area contributed by atoms with Crippen LogP contribution in [0.3, 0.4) is 0 Å². The minimum Gasteiger partial charge on any atom is -0.462 e. The molecule has 0 aromatic carbocycles. The van der Waals surface area contributed by atoms with Gasteiger partial charge >= 0.3 is 39.5 Å². The van der Waals surface area contributed by atoms with E-state index in [4.69, 9.17) is 37.0 Å². The van der Waals surface area contributed by atoms with Crippen molar-refractivity contribution in [1.29, 1.82) is 0 Å². The maximum atomic E-state index is 13.0. The van der Waals surface area contributed by atoms with Crippen LogP contribution in [0.4, 0.5) is 0 Å². The first kappa shape index (κ1) is 84.1. The van der Waals surface area contributed by atoms with Gasteiger partial charge in [0.25, 0.3) is 0 Å². The van der Waals surface area contributed by atoms with E-state index in [1.165, 1.54) is 167 Å². The van der Waals surface area contributed by atoms with E-state index in [9.17, 15) is 43.2 Å². The van der Waals surface area contributed by atoms with Gasteiger partial charge in [-0.15, -0.1) is 0 Å².